The first-order valence-corrected chi connectivity index (χ1v) is 8.53. The van der Waals surface area contributed by atoms with Gasteiger partial charge in [-0.25, -0.2) is 9.78 Å². The van der Waals surface area contributed by atoms with Crippen molar-refractivity contribution in [2.75, 3.05) is 5.32 Å². The van der Waals surface area contributed by atoms with Crippen LogP contribution < -0.4 is 5.32 Å². The highest BCUT2D eigenvalue weighted by Crippen LogP contribution is 2.22. The molecule has 0 saturated carbocycles. The summed E-state index contributed by atoms with van der Waals surface area (Å²) in [6, 6.07) is 17.7. The molecular weight excluding hydrogens is 358 g/mol. The van der Waals surface area contributed by atoms with Crippen LogP contribution in [-0.4, -0.2) is 23.0 Å². The molecule has 28 heavy (non-hydrogen) atoms. The molecule has 0 fully saturated rings. The number of anilines is 1. The van der Waals surface area contributed by atoms with Gasteiger partial charge in [-0.3, -0.25) is 4.79 Å². The smallest absolute Gasteiger partial charge is 0.361 e. The van der Waals surface area contributed by atoms with Crippen LogP contribution in [0.2, 0.25) is 0 Å². The molecule has 0 aliphatic heterocycles. The number of aromatic nitrogens is 1. The van der Waals surface area contributed by atoms with Gasteiger partial charge >= 0.3 is 5.97 Å². The monoisotopic (exact) mass is 375 g/mol. The van der Waals surface area contributed by atoms with E-state index < -0.39 is 18.0 Å². The Kier molecular flexibility index (Phi) is 5.51. The molecule has 0 spiro atoms. The number of nitrogens with zero attached hydrogens (tertiary/aromatic N) is 2. The maximum Gasteiger partial charge on any atom is 0.361 e. The molecule has 7 nitrogen and oxygen atoms in total. The van der Waals surface area contributed by atoms with Gasteiger partial charge in [-0.05, 0) is 38.1 Å². The summed E-state index contributed by atoms with van der Waals surface area (Å²) in [5.41, 5.74) is 1.40. The van der Waals surface area contributed by atoms with Gasteiger partial charge in [0, 0.05) is 5.56 Å². The maximum atomic E-state index is 12.4. The molecule has 1 amide bonds. The molecule has 0 saturated heterocycles. The average Bonchev–Trinajstić information content (AvgIpc) is 3.10. The van der Waals surface area contributed by atoms with Crippen molar-refractivity contribution in [2.45, 2.75) is 20.0 Å². The highest BCUT2D eigenvalue weighted by molar-refractivity contribution is 5.97. The van der Waals surface area contributed by atoms with Crippen LogP contribution >= 0.6 is 0 Å². The predicted molar refractivity (Wildman–Crippen MR) is 101 cm³/mol. The molecule has 0 radical (unpaired) electrons. The number of para-hydroxylation sites is 1. The third-order valence-electron chi connectivity index (χ3n) is 3.97. The number of rotatable bonds is 5. The van der Waals surface area contributed by atoms with Crippen molar-refractivity contribution < 1.29 is 18.7 Å². The van der Waals surface area contributed by atoms with Crippen molar-refractivity contribution in [1.82, 2.24) is 4.98 Å². The van der Waals surface area contributed by atoms with Crippen LogP contribution in [0.5, 0.6) is 0 Å². The number of amides is 1. The molecule has 0 aliphatic rings. The van der Waals surface area contributed by atoms with E-state index in [1.54, 1.807) is 31.2 Å². The Labute approximate surface area is 161 Å². The van der Waals surface area contributed by atoms with E-state index in [1.165, 1.54) is 6.92 Å². The first kappa shape index (κ1) is 18.9. The lowest BCUT2D eigenvalue weighted by molar-refractivity contribution is -0.123. The Morgan fingerprint density at radius 2 is 1.82 bits per heavy atom. The number of aryl methyl sites for hydroxylation is 1. The molecule has 1 atom stereocenters. The largest absolute Gasteiger partial charge is 0.448 e. The zero-order chi connectivity index (χ0) is 20.1. The SMILES string of the molecule is Cc1oc(-c2ccccc2)nc1C(=O)O[C@@H](C)C(=O)Nc1ccccc1C#N. The van der Waals surface area contributed by atoms with E-state index in [0.29, 0.717) is 22.9 Å². The van der Waals surface area contributed by atoms with Crippen LogP contribution in [0, 0.1) is 18.3 Å². The van der Waals surface area contributed by atoms with Gasteiger partial charge in [0.25, 0.3) is 5.91 Å². The third kappa shape index (κ3) is 4.07. The number of carbonyl (C=O) groups excluding carboxylic acids is 2. The number of hydrogen-bond acceptors (Lipinski definition) is 6. The summed E-state index contributed by atoms with van der Waals surface area (Å²) in [5, 5.41) is 11.7. The second kappa shape index (κ2) is 8.18. The third-order valence-corrected chi connectivity index (χ3v) is 3.97. The van der Waals surface area contributed by atoms with Crippen LogP contribution in [0.25, 0.3) is 11.5 Å². The molecule has 1 heterocycles. The van der Waals surface area contributed by atoms with E-state index >= 15 is 0 Å². The fourth-order valence-electron chi connectivity index (χ4n) is 2.48. The highest BCUT2D eigenvalue weighted by Gasteiger charge is 2.24. The van der Waals surface area contributed by atoms with Gasteiger partial charge in [-0.15, -0.1) is 0 Å². The molecule has 3 aromatic rings. The number of esters is 1. The average molecular weight is 375 g/mol. The number of hydrogen-bond donors (Lipinski definition) is 1. The van der Waals surface area contributed by atoms with Crippen molar-refractivity contribution in [1.29, 1.82) is 5.26 Å². The Morgan fingerprint density at radius 3 is 2.54 bits per heavy atom. The summed E-state index contributed by atoms with van der Waals surface area (Å²) in [6.45, 7) is 3.04. The Morgan fingerprint density at radius 1 is 1.14 bits per heavy atom. The first-order valence-electron chi connectivity index (χ1n) is 8.53. The van der Waals surface area contributed by atoms with E-state index in [-0.39, 0.29) is 5.69 Å². The molecule has 3 rings (SSSR count). The minimum Gasteiger partial charge on any atom is -0.448 e. The normalized spacial score (nSPS) is 11.3. The highest BCUT2D eigenvalue weighted by atomic mass is 16.5. The van der Waals surface area contributed by atoms with Gasteiger partial charge in [0.05, 0.1) is 11.3 Å². The molecule has 1 aromatic heterocycles. The molecule has 140 valence electrons. The summed E-state index contributed by atoms with van der Waals surface area (Å²) >= 11 is 0. The molecule has 0 bridgehead atoms. The maximum absolute atomic E-state index is 12.4. The van der Waals surface area contributed by atoms with Gasteiger partial charge in [-0.1, -0.05) is 30.3 Å². The van der Waals surface area contributed by atoms with Crippen molar-refractivity contribution >= 4 is 17.6 Å². The van der Waals surface area contributed by atoms with Gasteiger partial charge in [0.2, 0.25) is 5.89 Å². The summed E-state index contributed by atoms with van der Waals surface area (Å²) in [7, 11) is 0. The van der Waals surface area contributed by atoms with Crippen molar-refractivity contribution in [2.24, 2.45) is 0 Å². The molecular formula is C21H17N3O4. The Bertz CT molecular complexity index is 1050. The van der Waals surface area contributed by atoms with Crippen LogP contribution in [0.3, 0.4) is 0 Å². The van der Waals surface area contributed by atoms with Crippen molar-refractivity contribution in [3.8, 4) is 17.5 Å². The molecule has 0 aliphatic carbocycles. The van der Waals surface area contributed by atoms with Crippen LogP contribution in [0.1, 0.15) is 28.7 Å². The number of carbonyl (C=O) groups is 2. The first-order chi connectivity index (χ1) is 13.5. The quantitative estimate of drug-likeness (QED) is 0.682. The number of nitrogens with one attached hydrogen (secondary N) is 1. The number of ether oxygens (including phenoxy) is 1. The fraction of sp³-hybridized carbons (Fsp3) is 0.143. The van der Waals surface area contributed by atoms with Crippen LogP contribution in [-0.2, 0) is 9.53 Å². The molecule has 2 aromatic carbocycles. The van der Waals surface area contributed by atoms with Crippen molar-refractivity contribution in [3.63, 3.8) is 0 Å². The van der Waals surface area contributed by atoms with Gasteiger partial charge in [0.1, 0.15) is 11.8 Å². The number of benzene rings is 2. The summed E-state index contributed by atoms with van der Waals surface area (Å²) in [6.07, 6.45) is -1.09. The van der Waals surface area contributed by atoms with E-state index in [1.807, 2.05) is 36.4 Å². The van der Waals surface area contributed by atoms with Crippen LogP contribution in [0.4, 0.5) is 5.69 Å². The minimum absolute atomic E-state index is 0.0101. The topological polar surface area (TPSA) is 105 Å². The zero-order valence-corrected chi connectivity index (χ0v) is 15.3. The second-order valence-electron chi connectivity index (χ2n) is 5.98. The molecule has 0 unspecified atom stereocenters. The van der Waals surface area contributed by atoms with E-state index in [4.69, 9.17) is 14.4 Å². The lowest BCUT2D eigenvalue weighted by Crippen LogP contribution is -2.30. The lowest BCUT2D eigenvalue weighted by Gasteiger charge is -2.13. The number of oxazole rings is 1. The van der Waals surface area contributed by atoms with Gasteiger partial charge in [-0.2, -0.15) is 5.26 Å². The molecule has 7 heteroatoms. The zero-order valence-electron chi connectivity index (χ0n) is 15.3. The van der Waals surface area contributed by atoms with E-state index in [9.17, 15) is 9.59 Å². The second-order valence-corrected chi connectivity index (χ2v) is 5.98. The van der Waals surface area contributed by atoms with Gasteiger partial charge < -0.3 is 14.5 Å². The number of nitriles is 1. The Hall–Kier alpha value is -3.92. The fourth-order valence-corrected chi connectivity index (χ4v) is 2.48. The summed E-state index contributed by atoms with van der Waals surface area (Å²) in [5.74, 6) is -0.725. The van der Waals surface area contributed by atoms with Crippen LogP contribution in [0.15, 0.2) is 59.0 Å². The Balaban J connectivity index is 1.70. The minimum atomic E-state index is -1.09. The predicted octanol–water partition coefficient (Wildman–Crippen LogP) is 3.71. The van der Waals surface area contributed by atoms with Gasteiger partial charge in [0.15, 0.2) is 11.8 Å². The van der Waals surface area contributed by atoms with E-state index in [0.717, 1.165) is 5.56 Å². The van der Waals surface area contributed by atoms with E-state index in [2.05, 4.69) is 10.3 Å². The summed E-state index contributed by atoms with van der Waals surface area (Å²) in [4.78, 5) is 28.9. The molecule has 1 N–H and O–H groups in total. The summed E-state index contributed by atoms with van der Waals surface area (Å²) < 4.78 is 10.8. The van der Waals surface area contributed by atoms with Crippen molar-refractivity contribution in [3.05, 3.63) is 71.6 Å². The lowest BCUT2D eigenvalue weighted by atomic mass is 10.2. The standard InChI is InChI=1S/C21H17N3O4/c1-13-18(24-20(27-13)15-8-4-3-5-9-15)21(26)28-14(2)19(25)23-17-11-7-6-10-16(17)12-22/h3-11,14H,1-2H3,(H,23,25)/t14-/m0/s1.